The van der Waals surface area contributed by atoms with Crippen LogP contribution in [0.5, 0.6) is 0 Å². The van der Waals surface area contributed by atoms with Gasteiger partial charge in [0.2, 0.25) is 0 Å². The summed E-state index contributed by atoms with van der Waals surface area (Å²) in [6, 6.07) is 0. The summed E-state index contributed by atoms with van der Waals surface area (Å²) < 4.78 is 11.1. The zero-order valence-electron chi connectivity index (χ0n) is 17.7. The van der Waals surface area contributed by atoms with Gasteiger partial charge in [-0.3, -0.25) is 14.4 Å². The summed E-state index contributed by atoms with van der Waals surface area (Å²) in [4.78, 5) is 35.6. The topological polar surface area (TPSA) is 69.7 Å². The van der Waals surface area contributed by atoms with Crippen molar-refractivity contribution in [2.24, 2.45) is 34.5 Å². The molecule has 0 amide bonds. The average molecular weight is 391 g/mol. The van der Waals surface area contributed by atoms with Gasteiger partial charge in [-0.1, -0.05) is 13.8 Å². The Morgan fingerprint density at radius 3 is 2.25 bits per heavy atom. The van der Waals surface area contributed by atoms with E-state index in [-0.39, 0.29) is 34.7 Å². The highest BCUT2D eigenvalue weighted by molar-refractivity contribution is 5.86. The minimum Gasteiger partial charge on any atom is -0.462 e. The van der Waals surface area contributed by atoms with Crippen LogP contribution in [0, 0.1) is 34.5 Å². The van der Waals surface area contributed by atoms with E-state index < -0.39 is 6.10 Å². The molecular formula is C23H34O5. The van der Waals surface area contributed by atoms with Crippen molar-refractivity contribution in [1.82, 2.24) is 0 Å². The lowest BCUT2D eigenvalue weighted by atomic mass is 9.45. The molecule has 28 heavy (non-hydrogen) atoms. The van der Waals surface area contributed by atoms with Crippen LogP contribution in [0.3, 0.4) is 0 Å². The second kappa shape index (κ2) is 6.84. The molecule has 0 aliphatic heterocycles. The van der Waals surface area contributed by atoms with Gasteiger partial charge in [0.15, 0.2) is 11.9 Å². The highest BCUT2D eigenvalue weighted by Gasteiger charge is 2.62. The van der Waals surface area contributed by atoms with Crippen LogP contribution in [0.4, 0.5) is 0 Å². The third kappa shape index (κ3) is 3.00. The minimum absolute atomic E-state index is 0.0446. The van der Waals surface area contributed by atoms with Gasteiger partial charge < -0.3 is 9.47 Å². The first kappa shape index (κ1) is 19.9. The van der Waals surface area contributed by atoms with Crippen LogP contribution in [0.1, 0.15) is 79.1 Å². The van der Waals surface area contributed by atoms with E-state index in [1.165, 1.54) is 20.3 Å². The first-order valence-electron chi connectivity index (χ1n) is 11.0. The lowest BCUT2D eigenvalue weighted by molar-refractivity contribution is -0.175. The van der Waals surface area contributed by atoms with Crippen molar-refractivity contribution in [2.75, 3.05) is 0 Å². The zero-order chi connectivity index (χ0) is 20.3. The maximum Gasteiger partial charge on any atom is 0.303 e. The van der Waals surface area contributed by atoms with Gasteiger partial charge in [-0.2, -0.15) is 0 Å². The summed E-state index contributed by atoms with van der Waals surface area (Å²) in [6.45, 7) is 7.58. The zero-order valence-corrected chi connectivity index (χ0v) is 17.7. The van der Waals surface area contributed by atoms with Crippen LogP contribution in [0.2, 0.25) is 0 Å². The summed E-state index contributed by atoms with van der Waals surface area (Å²) in [7, 11) is 0. The third-order valence-corrected chi connectivity index (χ3v) is 9.03. The van der Waals surface area contributed by atoms with Crippen LogP contribution in [-0.4, -0.2) is 29.9 Å². The molecular weight excluding hydrogens is 356 g/mol. The standard InChI is InChI=1S/C23H34O5/c1-13(24)27-20-12-23(4)15(11-19(20)26)5-6-16-17-7-8-21(28-14(2)25)22(17,3)10-9-18(16)23/h15-18,20-21H,5-12H2,1-4H3/t15-,16+,17-,18-,20-,21-,22+,23+/m1/s1. The Bertz CT molecular complexity index is 686. The van der Waals surface area contributed by atoms with Crippen molar-refractivity contribution in [2.45, 2.75) is 91.3 Å². The fourth-order valence-corrected chi connectivity index (χ4v) is 7.73. The molecule has 0 unspecified atom stereocenters. The van der Waals surface area contributed by atoms with Crippen LogP contribution >= 0.6 is 0 Å². The van der Waals surface area contributed by atoms with Gasteiger partial charge in [-0.25, -0.2) is 0 Å². The smallest absolute Gasteiger partial charge is 0.303 e. The second-order valence-electron chi connectivity index (χ2n) is 10.3. The maximum atomic E-state index is 12.5. The van der Waals surface area contributed by atoms with Crippen LogP contribution < -0.4 is 0 Å². The Hall–Kier alpha value is -1.39. The molecule has 0 aromatic heterocycles. The Kier molecular flexibility index (Phi) is 4.86. The van der Waals surface area contributed by atoms with Crippen LogP contribution in [-0.2, 0) is 23.9 Å². The first-order chi connectivity index (χ1) is 13.1. The molecule has 0 heterocycles. The van der Waals surface area contributed by atoms with Crippen molar-refractivity contribution >= 4 is 17.7 Å². The predicted molar refractivity (Wildman–Crippen MR) is 103 cm³/mol. The van der Waals surface area contributed by atoms with Crippen LogP contribution in [0.25, 0.3) is 0 Å². The third-order valence-electron chi connectivity index (χ3n) is 9.03. The van der Waals surface area contributed by atoms with Gasteiger partial charge in [0.05, 0.1) is 0 Å². The van der Waals surface area contributed by atoms with E-state index in [9.17, 15) is 14.4 Å². The van der Waals surface area contributed by atoms with Gasteiger partial charge in [-0.15, -0.1) is 0 Å². The van der Waals surface area contributed by atoms with Gasteiger partial charge >= 0.3 is 11.9 Å². The molecule has 0 saturated heterocycles. The molecule has 0 aromatic carbocycles. The molecule has 4 fully saturated rings. The monoisotopic (exact) mass is 390 g/mol. The van der Waals surface area contributed by atoms with Crippen molar-refractivity contribution < 1.29 is 23.9 Å². The number of carbonyl (C=O) groups excluding carboxylic acids is 3. The summed E-state index contributed by atoms with van der Waals surface area (Å²) in [5.74, 6) is 1.75. The molecule has 0 N–H and O–H groups in total. The number of hydrogen-bond acceptors (Lipinski definition) is 5. The fraction of sp³-hybridized carbons (Fsp3) is 0.870. The molecule has 8 atom stereocenters. The molecule has 5 nitrogen and oxygen atoms in total. The number of fused-ring (bicyclic) bond motifs is 5. The number of ether oxygens (including phenoxy) is 2. The lowest BCUT2D eigenvalue weighted by Crippen LogP contribution is -2.56. The van der Waals surface area contributed by atoms with E-state index >= 15 is 0 Å². The molecule has 4 aliphatic carbocycles. The number of rotatable bonds is 2. The highest BCUT2D eigenvalue weighted by Crippen LogP contribution is 2.66. The molecule has 0 aromatic rings. The van der Waals surface area contributed by atoms with Gasteiger partial charge in [-0.05, 0) is 74.0 Å². The maximum absolute atomic E-state index is 12.5. The molecule has 0 radical (unpaired) electrons. The van der Waals surface area contributed by atoms with Gasteiger partial charge in [0, 0.05) is 25.7 Å². The summed E-state index contributed by atoms with van der Waals surface area (Å²) in [5, 5.41) is 0. The van der Waals surface area contributed by atoms with Gasteiger partial charge in [0.25, 0.3) is 0 Å². The van der Waals surface area contributed by atoms with E-state index in [1.54, 1.807) is 0 Å². The van der Waals surface area contributed by atoms with Crippen molar-refractivity contribution in [3.8, 4) is 0 Å². The largest absolute Gasteiger partial charge is 0.462 e. The van der Waals surface area contributed by atoms with Crippen LogP contribution in [0.15, 0.2) is 0 Å². The normalized spacial score (nSPS) is 47.5. The number of esters is 2. The molecule has 4 rings (SSSR count). The second-order valence-corrected chi connectivity index (χ2v) is 10.3. The van der Waals surface area contributed by atoms with Crippen molar-refractivity contribution in [1.29, 1.82) is 0 Å². The molecule has 156 valence electrons. The Labute approximate surface area is 167 Å². The average Bonchev–Trinajstić information content (AvgIpc) is 2.92. The molecule has 4 aliphatic rings. The quantitative estimate of drug-likeness (QED) is 0.665. The van der Waals surface area contributed by atoms with Crippen molar-refractivity contribution in [3.63, 3.8) is 0 Å². The molecule has 0 spiro atoms. The summed E-state index contributed by atoms with van der Waals surface area (Å²) >= 11 is 0. The number of Topliss-reactive ketones (excluding diaryl/α,β-unsaturated/α-hetero) is 1. The Morgan fingerprint density at radius 1 is 0.893 bits per heavy atom. The van der Waals surface area contributed by atoms with Gasteiger partial charge in [0.1, 0.15) is 6.10 Å². The number of ketones is 1. The summed E-state index contributed by atoms with van der Waals surface area (Å²) in [5.41, 5.74) is 0.133. The minimum atomic E-state index is -0.566. The number of carbonyl (C=O) groups is 3. The fourth-order valence-electron chi connectivity index (χ4n) is 7.73. The predicted octanol–water partition coefficient (Wildman–Crippen LogP) is 4.07. The molecule has 0 bridgehead atoms. The van der Waals surface area contributed by atoms with E-state index in [2.05, 4.69) is 13.8 Å². The molecule has 4 saturated carbocycles. The lowest BCUT2D eigenvalue weighted by Gasteiger charge is -2.60. The summed E-state index contributed by atoms with van der Waals surface area (Å²) in [6.07, 6.45) is 7.25. The van der Waals surface area contributed by atoms with E-state index in [1.807, 2.05) is 0 Å². The Balaban J connectivity index is 1.58. The SMILES string of the molecule is CC(=O)O[C@@H]1C[C@@]2(C)[C@H](CC[C@@H]3[C@H]2CC[C@@]2(C)[C@@H]3CC[C@H]2OC(C)=O)CC1=O. The Morgan fingerprint density at radius 2 is 1.57 bits per heavy atom. The highest BCUT2D eigenvalue weighted by atomic mass is 16.5. The van der Waals surface area contributed by atoms with E-state index in [0.717, 1.165) is 32.1 Å². The number of hydrogen-bond donors (Lipinski definition) is 0. The van der Waals surface area contributed by atoms with E-state index in [4.69, 9.17) is 9.47 Å². The van der Waals surface area contributed by atoms with E-state index in [0.29, 0.717) is 36.5 Å². The first-order valence-corrected chi connectivity index (χ1v) is 11.0. The van der Waals surface area contributed by atoms with Crippen molar-refractivity contribution in [3.05, 3.63) is 0 Å². The molecule has 5 heteroatoms.